The van der Waals surface area contributed by atoms with Crippen LogP contribution < -0.4 is 0 Å². The fraction of sp³-hybridized carbons (Fsp3) is 0.792. The van der Waals surface area contributed by atoms with Gasteiger partial charge in [0.2, 0.25) is 0 Å². The van der Waals surface area contributed by atoms with E-state index >= 15 is 0 Å². The molecule has 0 amide bonds. The van der Waals surface area contributed by atoms with E-state index in [9.17, 15) is 9.90 Å². The van der Waals surface area contributed by atoms with E-state index in [-0.39, 0.29) is 36.3 Å². The molecule has 30 heavy (non-hydrogen) atoms. The predicted octanol–water partition coefficient (Wildman–Crippen LogP) is 3.67. The average molecular weight is 419 g/mol. The van der Waals surface area contributed by atoms with Crippen LogP contribution in [-0.4, -0.2) is 43.8 Å². The standard InChI is InChI=1S/C24H34O6/c1-15-17-4-5-21-23(13-29-16(2)26)7-3-8-24(21,22(30-14-23)28-11-9-25)19(17)12-20-18(15)6-10-27-20/h6,10,15,17,19,21-22,25H,3-5,7-9,11-14H2,1-2H3/t15-,17+,19+,21+,22-,23+,24?/m1/s1. The Labute approximate surface area is 178 Å². The zero-order valence-electron chi connectivity index (χ0n) is 18.1. The van der Waals surface area contributed by atoms with E-state index in [0.717, 1.165) is 37.9 Å². The maximum atomic E-state index is 11.7. The molecule has 1 aromatic heterocycles. The van der Waals surface area contributed by atoms with Gasteiger partial charge in [-0.15, -0.1) is 0 Å². The molecular weight excluding hydrogens is 384 g/mol. The minimum Gasteiger partial charge on any atom is -0.469 e. The van der Waals surface area contributed by atoms with Crippen LogP contribution in [0.2, 0.25) is 0 Å². The highest BCUT2D eigenvalue weighted by molar-refractivity contribution is 5.65. The first kappa shape index (κ1) is 20.5. The number of aliphatic hydroxyl groups excluding tert-OH is 1. The Morgan fingerprint density at radius 2 is 2.20 bits per heavy atom. The van der Waals surface area contributed by atoms with Gasteiger partial charge in [-0.1, -0.05) is 13.3 Å². The summed E-state index contributed by atoms with van der Waals surface area (Å²) in [4.78, 5) is 11.7. The number of esters is 1. The maximum Gasteiger partial charge on any atom is 0.302 e. The number of hydrogen-bond acceptors (Lipinski definition) is 6. The quantitative estimate of drug-likeness (QED) is 0.735. The topological polar surface area (TPSA) is 78.1 Å². The van der Waals surface area contributed by atoms with Crippen LogP contribution in [0.4, 0.5) is 0 Å². The van der Waals surface area contributed by atoms with E-state index in [2.05, 4.69) is 13.0 Å². The second kappa shape index (κ2) is 7.64. The third-order valence-corrected chi connectivity index (χ3v) is 8.87. The normalized spacial score (nSPS) is 42.0. The van der Waals surface area contributed by atoms with Crippen LogP contribution in [0, 0.1) is 28.6 Å². The molecule has 0 spiro atoms. The van der Waals surface area contributed by atoms with E-state index in [1.807, 2.05) is 6.26 Å². The van der Waals surface area contributed by atoms with E-state index in [0.29, 0.717) is 36.9 Å². The van der Waals surface area contributed by atoms with Crippen molar-refractivity contribution >= 4 is 5.97 Å². The molecule has 1 saturated heterocycles. The number of fused-ring (bicyclic) bond motifs is 2. The van der Waals surface area contributed by atoms with Gasteiger partial charge in [-0.25, -0.2) is 0 Å². The van der Waals surface area contributed by atoms with Gasteiger partial charge in [0, 0.05) is 24.2 Å². The van der Waals surface area contributed by atoms with Crippen LogP contribution >= 0.6 is 0 Å². The first-order valence-electron chi connectivity index (χ1n) is 11.6. The van der Waals surface area contributed by atoms with E-state index in [1.165, 1.54) is 18.9 Å². The number of rotatable bonds is 5. The second-order valence-electron chi connectivity index (χ2n) is 10.0. The van der Waals surface area contributed by atoms with Gasteiger partial charge in [-0.05, 0) is 61.0 Å². The minimum absolute atomic E-state index is 0.00791. The molecule has 6 nitrogen and oxygen atoms in total. The van der Waals surface area contributed by atoms with Crippen LogP contribution in [0.5, 0.6) is 0 Å². The van der Waals surface area contributed by atoms with Gasteiger partial charge in [-0.2, -0.15) is 0 Å². The molecule has 0 radical (unpaired) electrons. The van der Waals surface area contributed by atoms with Crippen molar-refractivity contribution in [1.29, 1.82) is 0 Å². The van der Waals surface area contributed by atoms with Crippen molar-refractivity contribution < 1.29 is 28.5 Å². The third kappa shape index (κ3) is 2.90. The van der Waals surface area contributed by atoms with Crippen LogP contribution in [0.25, 0.3) is 0 Å². The van der Waals surface area contributed by atoms with Crippen LogP contribution in [0.15, 0.2) is 16.7 Å². The maximum absolute atomic E-state index is 11.7. The van der Waals surface area contributed by atoms with E-state index in [1.54, 1.807) is 0 Å². The van der Waals surface area contributed by atoms with Gasteiger partial charge < -0.3 is 23.7 Å². The summed E-state index contributed by atoms with van der Waals surface area (Å²) < 4.78 is 24.2. The average Bonchev–Trinajstić information content (AvgIpc) is 3.21. The summed E-state index contributed by atoms with van der Waals surface area (Å²) in [6.45, 7) is 5.09. The fourth-order valence-electron chi connectivity index (χ4n) is 7.78. The molecule has 0 aromatic carbocycles. The number of ether oxygens (including phenoxy) is 3. The van der Waals surface area contributed by atoms with Crippen LogP contribution in [-0.2, 0) is 25.4 Å². The first-order valence-corrected chi connectivity index (χ1v) is 11.6. The lowest BCUT2D eigenvalue weighted by Gasteiger charge is -2.67. The third-order valence-electron chi connectivity index (χ3n) is 8.87. The Kier molecular flexibility index (Phi) is 5.23. The van der Waals surface area contributed by atoms with Crippen molar-refractivity contribution in [2.24, 2.45) is 28.6 Å². The van der Waals surface area contributed by atoms with Gasteiger partial charge in [0.15, 0.2) is 6.29 Å². The lowest BCUT2D eigenvalue weighted by molar-refractivity contribution is -0.341. The summed E-state index contributed by atoms with van der Waals surface area (Å²) in [7, 11) is 0. The number of furan rings is 1. The van der Waals surface area contributed by atoms with Crippen LogP contribution in [0.3, 0.4) is 0 Å². The summed E-state index contributed by atoms with van der Waals surface area (Å²) in [5, 5.41) is 9.44. The Hall–Kier alpha value is -1.37. The smallest absolute Gasteiger partial charge is 0.302 e. The summed E-state index contributed by atoms with van der Waals surface area (Å²) in [6, 6.07) is 2.14. The fourth-order valence-corrected chi connectivity index (χ4v) is 7.78. The summed E-state index contributed by atoms with van der Waals surface area (Å²) in [5.74, 6) is 2.71. The Morgan fingerprint density at radius 1 is 1.33 bits per heavy atom. The molecule has 2 saturated carbocycles. The van der Waals surface area contributed by atoms with Crippen molar-refractivity contribution in [2.45, 2.75) is 64.6 Å². The highest BCUT2D eigenvalue weighted by Gasteiger charge is 2.68. The van der Waals surface area contributed by atoms with E-state index < -0.39 is 0 Å². The Bertz CT molecular complexity index is 788. The molecule has 5 rings (SSSR count). The molecule has 4 aliphatic rings. The zero-order chi connectivity index (χ0) is 20.9. The van der Waals surface area contributed by atoms with Gasteiger partial charge in [0.25, 0.3) is 0 Å². The van der Waals surface area contributed by atoms with Crippen molar-refractivity contribution in [3.8, 4) is 0 Å². The lowest BCUT2D eigenvalue weighted by atomic mass is 9.41. The molecule has 2 heterocycles. The molecule has 7 atom stereocenters. The summed E-state index contributed by atoms with van der Waals surface area (Å²) in [5.41, 5.74) is 1.09. The Balaban J connectivity index is 1.56. The molecule has 1 aromatic rings. The Morgan fingerprint density at radius 3 is 3.00 bits per heavy atom. The number of carbonyl (C=O) groups excluding carboxylic acids is 1. The predicted molar refractivity (Wildman–Crippen MR) is 109 cm³/mol. The number of hydrogen-bond donors (Lipinski definition) is 1. The zero-order valence-corrected chi connectivity index (χ0v) is 18.1. The van der Waals surface area contributed by atoms with E-state index in [4.69, 9.17) is 18.6 Å². The van der Waals surface area contributed by atoms with Crippen molar-refractivity contribution in [3.63, 3.8) is 0 Å². The summed E-state index contributed by atoms with van der Waals surface area (Å²) >= 11 is 0. The molecule has 1 N–H and O–H groups in total. The molecule has 3 aliphatic carbocycles. The van der Waals surface area contributed by atoms with Gasteiger partial charge in [-0.3, -0.25) is 4.79 Å². The van der Waals surface area contributed by atoms with Gasteiger partial charge in [0.05, 0.1) is 32.7 Å². The van der Waals surface area contributed by atoms with Crippen molar-refractivity contribution in [2.75, 3.05) is 26.4 Å². The highest BCUT2D eigenvalue weighted by atomic mass is 16.7. The monoisotopic (exact) mass is 418 g/mol. The molecule has 1 aliphatic heterocycles. The summed E-state index contributed by atoms with van der Waals surface area (Å²) in [6.07, 6.45) is 7.88. The lowest BCUT2D eigenvalue weighted by Crippen LogP contribution is -2.68. The van der Waals surface area contributed by atoms with Gasteiger partial charge >= 0.3 is 5.97 Å². The first-order chi connectivity index (χ1) is 14.5. The molecule has 166 valence electrons. The highest BCUT2D eigenvalue weighted by Crippen LogP contribution is 2.69. The molecule has 3 fully saturated rings. The molecule has 2 bridgehead atoms. The molecular formula is C24H34O6. The van der Waals surface area contributed by atoms with Crippen LogP contribution in [0.1, 0.15) is 63.2 Å². The van der Waals surface area contributed by atoms with Crippen molar-refractivity contribution in [1.82, 2.24) is 0 Å². The van der Waals surface area contributed by atoms with Gasteiger partial charge in [0.1, 0.15) is 5.76 Å². The van der Waals surface area contributed by atoms with Crippen molar-refractivity contribution in [3.05, 3.63) is 23.7 Å². The number of carbonyl (C=O) groups is 1. The molecule has 6 heteroatoms. The molecule has 1 unspecified atom stereocenters. The minimum atomic E-state index is -0.322. The second-order valence-corrected chi connectivity index (χ2v) is 10.0. The number of aliphatic hydroxyl groups is 1. The largest absolute Gasteiger partial charge is 0.469 e. The SMILES string of the molecule is CC(=O)OC[C@@]12CCCC3([C@H](OCCO)OC1)[C@H]2CC[C@H]1[C@@H](C)c2ccoc2C[C@@H]13.